The fraction of sp³-hybridized carbons (Fsp3) is 0.958. The van der Waals surface area contributed by atoms with Crippen molar-refractivity contribution in [1.29, 1.82) is 0 Å². The van der Waals surface area contributed by atoms with Gasteiger partial charge in [-0.3, -0.25) is 14.2 Å². The first-order valence-corrected chi connectivity index (χ1v) is 26.2. The molecule has 58 heavy (non-hydrogen) atoms. The molecule has 0 fully saturated rings. The Hall–Kier alpha value is -0.990. The predicted octanol–water partition coefficient (Wildman–Crippen LogP) is 13.7. The number of rotatable bonds is 46. The van der Waals surface area contributed by atoms with Crippen LogP contribution in [0.2, 0.25) is 0 Å². The molecule has 0 saturated heterocycles. The SMILES string of the molecule is CCCCCCCCCCCCCCCCCCCCCC(=O)O[C@H](COC(=O)CCCCCCCCCCCCCCCCC)COP(=O)([O-])OCC[N+](C)(C)C. The molecule has 1 unspecified atom stereocenters. The minimum absolute atomic E-state index is 0.0254. The van der Waals surface area contributed by atoms with Gasteiger partial charge in [-0.05, 0) is 12.8 Å². The van der Waals surface area contributed by atoms with E-state index >= 15 is 0 Å². The van der Waals surface area contributed by atoms with Crippen molar-refractivity contribution < 1.29 is 42.1 Å². The second-order valence-corrected chi connectivity index (χ2v) is 19.6. The first-order valence-electron chi connectivity index (χ1n) is 24.7. The number of carbonyl (C=O) groups is 2. The van der Waals surface area contributed by atoms with Crippen molar-refractivity contribution in [1.82, 2.24) is 0 Å². The van der Waals surface area contributed by atoms with E-state index in [0.717, 1.165) is 32.1 Å². The Bertz CT molecular complexity index is 958. The lowest BCUT2D eigenvalue weighted by atomic mass is 10.0. The van der Waals surface area contributed by atoms with Gasteiger partial charge in [-0.25, -0.2) is 0 Å². The number of unbranched alkanes of at least 4 members (excludes halogenated alkanes) is 32. The zero-order chi connectivity index (χ0) is 42.8. The van der Waals surface area contributed by atoms with E-state index in [1.54, 1.807) is 0 Å². The second kappa shape index (κ2) is 41.4. The maximum absolute atomic E-state index is 12.7. The molecule has 0 spiro atoms. The van der Waals surface area contributed by atoms with Crippen molar-refractivity contribution in [3.8, 4) is 0 Å². The summed E-state index contributed by atoms with van der Waals surface area (Å²) in [4.78, 5) is 37.6. The Labute approximate surface area is 359 Å². The molecular formula is C48H96NO8P. The Morgan fingerprint density at radius 1 is 0.466 bits per heavy atom. The van der Waals surface area contributed by atoms with Crippen LogP contribution in [0, 0.1) is 0 Å². The normalized spacial score (nSPS) is 13.4. The summed E-state index contributed by atoms with van der Waals surface area (Å²) in [5, 5.41) is 0. The molecule has 0 aliphatic rings. The fourth-order valence-corrected chi connectivity index (χ4v) is 7.97. The number of phosphoric acid groups is 1. The lowest BCUT2D eigenvalue weighted by molar-refractivity contribution is -0.870. The zero-order valence-electron chi connectivity index (χ0n) is 39.0. The molecule has 0 heterocycles. The van der Waals surface area contributed by atoms with Crippen molar-refractivity contribution >= 4 is 19.8 Å². The van der Waals surface area contributed by atoms with E-state index in [0.29, 0.717) is 17.4 Å². The Morgan fingerprint density at radius 2 is 0.776 bits per heavy atom. The summed E-state index contributed by atoms with van der Waals surface area (Å²) in [7, 11) is 1.19. The Morgan fingerprint density at radius 3 is 1.10 bits per heavy atom. The van der Waals surface area contributed by atoms with Gasteiger partial charge in [-0.1, -0.05) is 219 Å². The van der Waals surface area contributed by atoms with E-state index in [9.17, 15) is 19.0 Å². The van der Waals surface area contributed by atoms with E-state index in [1.807, 2.05) is 21.1 Å². The molecule has 0 aromatic rings. The van der Waals surface area contributed by atoms with E-state index < -0.39 is 26.5 Å². The monoisotopic (exact) mass is 846 g/mol. The number of quaternary nitrogens is 1. The van der Waals surface area contributed by atoms with Crippen LogP contribution in [0.4, 0.5) is 0 Å². The van der Waals surface area contributed by atoms with Gasteiger partial charge in [0.2, 0.25) is 0 Å². The van der Waals surface area contributed by atoms with Gasteiger partial charge in [0.1, 0.15) is 19.8 Å². The fourth-order valence-electron chi connectivity index (χ4n) is 7.25. The number of hydrogen-bond acceptors (Lipinski definition) is 8. The maximum Gasteiger partial charge on any atom is 0.306 e. The standard InChI is InChI=1S/C48H96NO8P/c1-6-8-10-12-14-16-18-20-22-23-24-25-27-29-31-33-35-37-39-41-48(51)57-46(45-56-58(52,53)55-43-42-49(3,4)5)44-54-47(50)40-38-36-34-32-30-28-26-21-19-17-15-13-11-9-7-2/h46H,6-45H2,1-5H3/t46-/m1/s1. The number of hydrogen-bond donors (Lipinski definition) is 0. The molecule has 0 aliphatic heterocycles. The summed E-state index contributed by atoms with van der Waals surface area (Å²) in [6.07, 6.45) is 42.7. The molecule has 0 bridgehead atoms. The van der Waals surface area contributed by atoms with Crippen LogP contribution in [0.1, 0.15) is 245 Å². The second-order valence-electron chi connectivity index (χ2n) is 18.2. The van der Waals surface area contributed by atoms with Gasteiger partial charge in [0.05, 0.1) is 27.7 Å². The molecule has 0 radical (unpaired) electrons. The van der Waals surface area contributed by atoms with Crippen LogP contribution in [0.3, 0.4) is 0 Å². The van der Waals surface area contributed by atoms with E-state index in [1.165, 1.54) is 180 Å². The summed E-state index contributed by atoms with van der Waals surface area (Å²) in [5.74, 6) is -0.815. The summed E-state index contributed by atoms with van der Waals surface area (Å²) in [6.45, 7) is 4.28. The molecule has 0 amide bonds. The van der Waals surface area contributed by atoms with E-state index in [2.05, 4.69) is 13.8 Å². The van der Waals surface area contributed by atoms with Gasteiger partial charge in [-0.2, -0.15) is 0 Å². The predicted molar refractivity (Wildman–Crippen MR) is 241 cm³/mol. The van der Waals surface area contributed by atoms with Crippen LogP contribution in [0.25, 0.3) is 0 Å². The van der Waals surface area contributed by atoms with Crippen molar-refractivity contribution in [2.75, 3.05) is 47.5 Å². The third-order valence-corrected chi connectivity index (χ3v) is 12.1. The van der Waals surface area contributed by atoms with Crippen molar-refractivity contribution in [3.63, 3.8) is 0 Å². The molecule has 9 nitrogen and oxygen atoms in total. The number of phosphoric ester groups is 1. The minimum Gasteiger partial charge on any atom is -0.756 e. The summed E-state index contributed by atoms with van der Waals surface area (Å²) in [5.41, 5.74) is 0. The van der Waals surface area contributed by atoms with E-state index in [4.69, 9.17) is 18.5 Å². The van der Waals surface area contributed by atoms with Crippen LogP contribution in [-0.2, 0) is 32.7 Å². The number of ether oxygens (including phenoxy) is 2. The Kier molecular flexibility index (Phi) is 40.7. The zero-order valence-corrected chi connectivity index (χ0v) is 39.9. The summed E-state index contributed by atoms with van der Waals surface area (Å²) in [6, 6.07) is 0. The van der Waals surface area contributed by atoms with Gasteiger partial charge in [0.15, 0.2) is 6.10 Å². The smallest absolute Gasteiger partial charge is 0.306 e. The lowest BCUT2D eigenvalue weighted by Gasteiger charge is -2.28. The van der Waals surface area contributed by atoms with Crippen LogP contribution in [0.15, 0.2) is 0 Å². The summed E-state index contributed by atoms with van der Waals surface area (Å²) < 4.78 is 34.0. The molecular weight excluding hydrogens is 750 g/mol. The average molecular weight is 846 g/mol. The van der Waals surface area contributed by atoms with Crippen LogP contribution in [-0.4, -0.2) is 70.0 Å². The molecule has 10 heteroatoms. The topological polar surface area (TPSA) is 111 Å². The third kappa shape index (κ3) is 44.6. The highest BCUT2D eigenvalue weighted by atomic mass is 31.2. The number of carbonyl (C=O) groups excluding carboxylic acids is 2. The highest BCUT2D eigenvalue weighted by molar-refractivity contribution is 7.45. The molecule has 0 rings (SSSR count). The largest absolute Gasteiger partial charge is 0.756 e. The molecule has 0 N–H and O–H groups in total. The van der Waals surface area contributed by atoms with E-state index in [-0.39, 0.29) is 32.0 Å². The van der Waals surface area contributed by atoms with Crippen LogP contribution in [0.5, 0.6) is 0 Å². The lowest BCUT2D eigenvalue weighted by Crippen LogP contribution is -2.37. The van der Waals surface area contributed by atoms with Crippen molar-refractivity contribution in [2.45, 2.75) is 251 Å². The summed E-state index contributed by atoms with van der Waals surface area (Å²) >= 11 is 0. The van der Waals surface area contributed by atoms with Gasteiger partial charge < -0.3 is 27.9 Å². The van der Waals surface area contributed by atoms with Gasteiger partial charge in [-0.15, -0.1) is 0 Å². The maximum atomic E-state index is 12.7. The highest BCUT2D eigenvalue weighted by Gasteiger charge is 2.21. The van der Waals surface area contributed by atoms with Gasteiger partial charge in [0, 0.05) is 12.8 Å². The highest BCUT2D eigenvalue weighted by Crippen LogP contribution is 2.38. The van der Waals surface area contributed by atoms with Crippen LogP contribution >= 0.6 is 7.82 Å². The first-order chi connectivity index (χ1) is 28.0. The average Bonchev–Trinajstić information content (AvgIpc) is 3.17. The minimum atomic E-state index is -4.62. The molecule has 0 aromatic heterocycles. The van der Waals surface area contributed by atoms with Crippen molar-refractivity contribution in [3.05, 3.63) is 0 Å². The van der Waals surface area contributed by atoms with Gasteiger partial charge >= 0.3 is 11.9 Å². The molecule has 2 atom stereocenters. The van der Waals surface area contributed by atoms with Crippen molar-refractivity contribution in [2.24, 2.45) is 0 Å². The third-order valence-electron chi connectivity index (χ3n) is 11.1. The first kappa shape index (κ1) is 57.0. The number of esters is 2. The van der Waals surface area contributed by atoms with Crippen LogP contribution < -0.4 is 4.89 Å². The Balaban J connectivity index is 4.22. The molecule has 0 saturated carbocycles. The van der Waals surface area contributed by atoms with Gasteiger partial charge in [0.25, 0.3) is 7.82 Å². The molecule has 0 aliphatic carbocycles. The quantitative estimate of drug-likeness (QED) is 0.0258. The molecule has 0 aromatic carbocycles. The number of nitrogens with zero attached hydrogens (tertiary/aromatic N) is 1. The molecule has 346 valence electrons. The number of likely N-dealkylation sites (N-methyl/N-ethyl adjacent to an activating group) is 1.